The molecule has 1 aromatic carbocycles. The molecule has 0 N–H and O–H groups in total. The minimum absolute atomic E-state index is 0.416. The summed E-state index contributed by atoms with van der Waals surface area (Å²) in [5, 5.41) is 0. The third kappa shape index (κ3) is 3.04. The molecule has 0 amide bonds. The third-order valence-corrected chi connectivity index (χ3v) is 3.86. The van der Waals surface area contributed by atoms with E-state index < -0.39 is 26.6 Å². The maximum absolute atomic E-state index is 12.9. The van der Waals surface area contributed by atoms with Gasteiger partial charge in [-0.25, -0.2) is 4.39 Å². The van der Waals surface area contributed by atoms with Crippen molar-refractivity contribution in [2.75, 3.05) is 12.5 Å². The molecule has 0 aliphatic carbocycles. The van der Waals surface area contributed by atoms with Crippen LogP contribution in [0.2, 0.25) is 0 Å². The molecule has 0 spiro atoms. The number of rotatable bonds is 1. The van der Waals surface area contributed by atoms with E-state index in [2.05, 4.69) is 11.7 Å². The normalized spacial score (nSPS) is 14.1. The quantitative estimate of drug-likeness (QED) is 0.437. The fourth-order valence-corrected chi connectivity index (χ4v) is 2.18. The van der Waals surface area contributed by atoms with Gasteiger partial charge >= 0.3 is 6.18 Å². The summed E-state index contributed by atoms with van der Waals surface area (Å²) in [6.07, 6.45) is -1.20. The molecule has 6 heteroatoms. The van der Waals surface area contributed by atoms with Crippen molar-refractivity contribution in [2.24, 2.45) is 0 Å². The molecule has 0 heterocycles. The van der Waals surface area contributed by atoms with E-state index in [1.54, 1.807) is 12.5 Å². The molecule has 0 aliphatic rings. The number of alkyl halides is 3. The molecule has 0 aliphatic heterocycles. The number of benzene rings is 1. The summed E-state index contributed by atoms with van der Waals surface area (Å²) >= 11 is 4.21. The van der Waals surface area contributed by atoms with E-state index >= 15 is 0 Å². The first-order valence-corrected chi connectivity index (χ1v) is 7.45. The van der Waals surface area contributed by atoms with Gasteiger partial charge in [0, 0.05) is 0 Å². The van der Waals surface area contributed by atoms with Crippen molar-refractivity contribution in [3.05, 3.63) is 29.6 Å². The summed E-state index contributed by atoms with van der Waals surface area (Å²) in [5.41, 5.74) is -1.23. The van der Waals surface area contributed by atoms with Crippen LogP contribution >= 0.6 is 20.7 Å². The average Bonchev–Trinajstić information content (AvgIpc) is 2.00. The lowest BCUT2D eigenvalue weighted by Gasteiger charge is -2.25. The van der Waals surface area contributed by atoms with Gasteiger partial charge in [0.1, 0.15) is 5.82 Å². The first kappa shape index (κ1) is 12.7. The van der Waals surface area contributed by atoms with Gasteiger partial charge in [0.25, 0.3) is 0 Å². The predicted octanol–water partition coefficient (Wildman–Crippen LogP) is 4.11. The molecule has 0 aromatic heterocycles. The zero-order chi connectivity index (χ0) is 11.9. The van der Waals surface area contributed by atoms with Crippen LogP contribution in [0.1, 0.15) is 5.56 Å². The smallest absolute Gasteiger partial charge is 0.206 e. The van der Waals surface area contributed by atoms with Crippen LogP contribution in [0.5, 0.6) is 0 Å². The Morgan fingerprint density at radius 1 is 1.20 bits per heavy atom. The van der Waals surface area contributed by atoms with Gasteiger partial charge in [-0.1, -0.05) is 0 Å². The summed E-state index contributed by atoms with van der Waals surface area (Å²) in [5.74, 6) is -1.25. The average molecular weight is 258 g/mol. The number of halogens is 4. The van der Waals surface area contributed by atoms with E-state index in [0.717, 1.165) is 12.1 Å². The van der Waals surface area contributed by atoms with E-state index in [1.165, 1.54) is 6.07 Å². The molecule has 0 saturated heterocycles. The molecule has 0 atom stereocenters. The number of hydrogen-bond donors (Lipinski definition) is 1. The molecule has 1 rings (SSSR count). The summed E-state index contributed by atoms with van der Waals surface area (Å²) in [6, 6.07) is 3.01. The second kappa shape index (κ2) is 3.90. The lowest BCUT2D eigenvalue weighted by Crippen LogP contribution is -2.08. The highest BCUT2D eigenvalue weighted by molar-refractivity contribution is 8.87. The van der Waals surface area contributed by atoms with Crippen LogP contribution in [-0.2, 0) is 6.18 Å². The first-order chi connectivity index (χ1) is 6.62. The molecule has 15 heavy (non-hydrogen) atoms. The van der Waals surface area contributed by atoms with Gasteiger partial charge < -0.3 is 0 Å². The Labute approximate surface area is 91.8 Å². The zero-order valence-corrected chi connectivity index (χ0v) is 9.81. The standard InChI is InChI=1S/C9H10F4S2/c1-15(2,14)6-3-4-8(10)7(5-6)9(11,12)13/h3-5,14H,1-2H3. The molecular weight excluding hydrogens is 248 g/mol. The van der Waals surface area contributed by atoms with Gasteiger partial charge in [-0.05, 0) is 35.6 Å². The number of hydrogen-bond acceptors (Lipinski definition) is 1. The van der Waals surface area contributed by atoms with Gasteiger partial charge in [-0.15, -0.1) is 11.7 Å². The van der Waals surface area contributed by atoms with Crippen LogP contribution in [0.25, 0.3) is 0 Å². The Morgan fingerprint density at radius 2 is 1.73 bits per heavy atom. The Kier molecular flexibility index (Phi) is 3.30. The van der Waals surface area contributed by atoms with Crippen molar-refractivity contribution in [1.82, 2.24) is 0 Å². The second-order valence-electron chi connectivity index (χ2n) is 3.41. The summed E-state index contributed by atoms with van der Waals surface area (Å²) in [7, 11) is -1.57. The Bertz CT molecular complexity index is 365. The molecule has 0 unspecified atom stereocenters. The highest BCUT2D eigenvalue weighted by atomic mass is 33.1. The van der Waals surface area contributed by atoms with Crippen LogP contribution in [0.15, 0.2) is 23.1 Å². The monoisotopic (exact) mass is 258 g/mol. The highest BCUT2D eigenvalue weighted by Gasteiger charge is 2.34. The zero-order valence-electron chi connectivity index (χ0n) is 8.10. The molecule has 0 fully saturated rings. The summed E-state index contributed by atoms with van der Waals surface area (Å²) in [6.45, 7) is 0. The van der Waals surface area contributed by atoms with Crippen molar-refractivity contribution >= 4 is 20.7 Å². The van der Waals surface area contributed by atoms with Crippen molar-refractivity contribution in [3.8, 4) is 0 Å². The van der Waals surface area contributed by atoms with Gasteiger partial charge in [0.05, 0.1) is 5.56 Å². The van der Waals surface area contributed by atoms with Crippen LogP contribution in [-0.4, -0.2) is 12.5 Å². The minimum Gasteiger partial charge on any atom is -0.206 e. The fourth-order valence-electron chi connectivity index (χ4n) is 1.03. The summed E-state index contributed by atoms with van der Waals surface area (Å²) < 4.78 is 50.0. The second-order valence-corrected chi connectivity index (χ2v) is 9.17. The molecule has 0 bridgehead atoms. The van der Waals surface area contributed by atoms with E-state index in [-0.39, 0.29) is 0 Å². The maximum Gasteiger partial charge on any atom is 0.419 e. The van der Waals surface area contributed by atoms with Gasteiger partial charge in [-0.2, -0.15) is 22.2 Å². The van der Waals surface area contributed by atoms with E-state index in [4.69, 9.17) is 0 Å². The lowest BCUT2D eigenvalue weighted by molar-refractivity contribution is -0.140. The van der Waals surface area contributed by atoms with Crippen LogP contribution in [0, 0.1) is 5.82 Å². The van der Waals surface area contributed by atoms with Crippen LogP contribution in [0.3, 0.4) is 0 Å². The topological polar surface area (TPSA) is 0 Å². The molecule has 0 nitrogen and oxygen atoms in total. The van der Waals surface area contributed by atoms with Crippen molar-refractivity contribution in [2.45, 2.75) is 11.1 Å². The SMILES string of the molecule is CS(C)(S)c1ccc(F)c(C(F)(F)F)c1. The van der Waals surface area contributed by atoms with Gasteiger partial charge in [-0.3, -0.25) is 0 Å². The number of thiol groups is 1. The van der Waals surface area contributed by atoms with E-state index in [0.29, 0.717) is 4.90 Å². The fraction of sp³-hybridized carbons (Fsp3) is 0.333. The maximum atomic E-state index is 12.9. The largest absolute Gasteiger partial charge is 0.419 e. The third-order valence-electron chi connectivity index (χ3n) is 1.82. The molecule has 0 saturated carbocycles. The minimum atomic E-state index is -4.65. The summed E-state index contributed by atoms with van der Waals surface area (Å²) in [4.78, 5) is 0.416. The van der Waals surface area contributed by atoms with E-state index in [9.17, 15) is 17.6 Å². The lowest BCUT2D eigenvalue weighted by atomic mass is 10.2. The van der Waals surface area contributed by atoms with Gasteiger partial charge in [0.15, 0.2) is 0 Å². The Morgan fingerprint density at radius 3 is 2.13 bits per heavy atom. The Balaban J connectivity index is 3.30. The first-order valence-electron chi connectivity index (χ1n) is 3.95. The molecule has 0 radical (unpaired) electrons. The van der Waals surface area contributed by atoms with Crippen molar-refractivity contribution in [3.63, 3.8) is 0 Å². The Hall–Kier alpha value is -0.360. The van der Waals surface area contributed by atoms with Gasteiger partial charge in [0.2, 0.25) is 0 Å². The van der Waals surface area contributed by atoms with E-state index in [1.807, 2.05) is 0 Å². The van der Waals surface area contributed by atoms with Crippen LogP contribution in [0.4, 0.5) is 17.6 Å². The molecule has 1 aromatic rings. The molecular formula is C9H10F4S2. The highest BCUT2D eigenvalue weighted by Crippen LogP contribution is 2.54. The van der Waals surface area contributed by atoms with Crippen LogP contribution < -0.4 is 0 Å². The van der Waals surface area contributed by atoms with Crippen molar-refractivity contribution < 1.29 is 17.6 Å². The predicted molar refractivity (Wildman–Crippen MR) is 58.1 cm³/mol. The van der Waals surface area contributed by atoms with Crippen molar-refractivity contribution in [1.29, 1.82) is 0 Å². The molecule has 86 valence electrons.